The first-order chi connectivity index (χ1) is 9.13. The standard InChI is InChI=1S/C14H18ClN3O/c1-9-6-12(15)11(7-16-9)14(19)17-13-8-18-4-2-10(13)3-5-18/h6-7,10,13H,2-5,8H2,1H3,(H,17,19). The average molecular weight is 280 g/mol. The third-order valence-electron chi connectivity index (χ3n) is 4.21. The van der Waals surface area contributed by atoms with Gasteiger partial charge in [0.2, 0.25) is 0 Å². The van der Waals surface area contributed by atoms with Gasteiger partial charge >= 0.3 is 0 Å². The van der Waals surface area contributed by atoms with Crippen LogP contribution in [0.15, 0.2) is 12.3 Å². The first-order valence-electron chi connectivity index (χ1n) is 6.79. The molecule has 4 heterocycles. The van der Waals surface area contributed by atoms with Crippen molar-refractivity contribution in [2.45, 2.75) is 25.8 Å². The van der Waals surface area contributed by atoms with E-state index >= 15 is 0 Å². The number of fused-ring (bicyclic) bond motifs is 3. The summed E-state index contributed by atoms with van der Waals surface area (Å²) in [7, 11) is 0. The second-order valence-corrected chi connectivity index (χ2v) is 5.93. The van der Waals surface area contributed by atoms with Gasteiger partial charge in [-0.2, -0.15) is 0 Å². The number of piperidine rings is 3. The summed E-state index contributed by atoms with van der Waals surface area (Å²) >= 11 is 6.11. The minimum absolute atomic E-state index is 0.101. The van der Waals surface area contributed by atoms with E-state index in [2.05, 4.69) is 15.2 Å². The number of aromatic nitrogens is 1. The van der Waals surface area contributed by atoms with E-state index in [1.807, 2.05) is 6.92 Å². The average Bonchev–Trinajstić information content (AvgIpc) is 2.39. The molecule has 3 aliphatic rings. The lowest BCUT2D eigenvalue weighted by molar-refractivity contribution is 0.0620. The van der Waals surface area contributed by atoms with Gasteiger partial charge in [-0.1, -0.05) is 11.6 Å². The Bertz CT molecular complexity index is 497. The molecule has 4 nitrogen and oxygen atoms in total. The van der Waals surface area contributed by atoms with Gasteiger partial charge in [-0.25, -0.2) is 0 Å². The molecule has 2 bridgehead atoms. The van der Waals surface area contributed by atoms with Gasteiger partial charge in [-0.15, -0.1) is 0 Å². The quantitative estimate of drug-likeness (QED) is 0.899. The van der Waals surface area contributed by atoms with Crippen LogP contribution in [0.2, 0.25) is 5.02 Å². The first-order valence-corrected chi connectivity index (χ1v) is 7.16. The van der Waals surface area contributed by atoms with Crippen LogP contribution in [-0.2, 0) is 0 Å². The van der Waals surface area contributed by atoms with Crippen LogP contribution in [0.4, 0.5) is 0 Å². The van der Waals surface area contributed by atoms with E-state index in [1.54, 1.807) is 12.3 Å². The van der Waals surface area contributed by atoms with Crippen LogP contribution in [0.25, 0.3) is 0 Å². The molecule has 0 radical (unpaired) electrons. The molecule has 4 rings (SSSR count). The Morgan fingerprint density at radius 2 is 2.21 bits per heavy atom. The van der Waals surface area contributed by atoms with Crippen molar-refractivity contribution in [2.24, 2.45) is 5.92 Å². The lowest BCUT2D eigenvalue weighted by Crippen LogP contribution is -2.57. The van der Waals surface area contributed by atoms with Crippen LogP contribution in [0.3, 0.4) is 0 Å². The molecule has 1 aromatic rings. The van der Waals surface area contributed by atoms with E-state index in [9.17, 15) is 4.79 Å². The Balaban J connectivity index is 1.71. The summed E-state index contributed by atoms with van der Waals surface area (Å²) in [5.74, 6) is 0.516. The lowest BCUT2D eigenvalue weighted by atomic mass is 9.84. The monoisotopic (exact) mass is 279 g/mol. The fourth-order valence-electron chi connectivity index (χ4n) is 3.07. The van der Waals surface area contributed by atoms with Gasteiger partial charge in [0.05, 0.1) is 10.6 Å². The Hall–Kier alpha value is -1.13. The molecule has 5 heteroatoms. The summed E-state index contributed by atoms with van der Waals surface area (Å²) in [4.78, 5) is 18.8. The van der Waals surface area contributed by atoms with E-state index < -0.39 is 0 Å². The number of aryl methyl sites for hydroxylation is 1. The van der Waals surface area contributed by atoms with Gasteiger partial charge < -0.3 is 10.2 Å². The number of pyridine rings is 1. The fraction of sp³-hybridized carbons (Fsp3) is 0.571. The topological polar surface area (TPSA) is 45.2 Å². The van der Waals surface area contributed by atoms with Crippen molar-refractivity contribution in [1.82, 2.24) is 15.2 Å². The normalized spacial score (nSPS) is 29.3. The number of carbonyl (C=O) groups is 1. The van der Waals surface area contributed by atoms with Crippen molar-refractivity contribution < 1.29 is 4.79 Å². The maximum atomic E-state index is 12.3. The summed E-state index contributed by atoms with van der Waals surface area (Å²) in [6, 6.07) is 1.99. The van der Waals surface area contributed by atoms with E-state index in [4.69, 9.17) is 11.6 Å². The molecule has 1 N–H and O–H groups in total. The number of nitrogens with zero attached hydrogens (tertiary/aromatic N) is 2. The molecule has 0 aromatic carbocycles. The summed E-state index contributed by atoms with van der Waals surface area (Å²) in [6.07, 6.45) is 3.93. The molecule has 0 spiro atoms. The molecule has 3 fully saturated rings. The number of carbonyl (C=O) groups excluding carboxylic acids is 1. The molecular formula is C14H18ClN3O. The Morgan fingerprint density at radius 1 is 1.47 bits per heavy atom. The molecule has 0 aliphatic carbocycles. The Labute approximate surface area is 118 Å². The fourth-order valence-corrected chi connectivity index (χ4v) is 3.36. The maximum Gasteiger partial charge on any atom is 0.254 e. The van der Waals surface area contributed by atoms with Crippen LogP contribution in [-0.4, -0.2) is 41.5 Å². The van der Waals surface area contributed by atoms with Crippen molar-refractivity contribution in [3.8, 4) is 0 Å². The highest BCUT2D eigenvalue weighted by molar-refractivity contribution is 6.33. The number of amides is 1. The largest absolute Gasteiger partial charge is 0.348 e. The number of nitrogens with one attached hydrogen (secondary N) is 1. The minimum Gasteiger partial charge on any atom is -0.348 e. The van der Waals surface area contributed by atoms with Gasteiger partial charge in [0.25, 0.3) is 5.91 Å². The predicted molar refractivity (Wildman–Crippen MR) is 74.4 cm³/mol. The van der Waals surface area contributed by atoms with Crippen LogP contribution in [0.5, 0.6) is 0 Å². The zero-order valence-corrected chi connectivity index (χ0v) is 11.8. The maximum absolute atomic E-state index is 12.3. The van der Waals surface area contributed by atoms with Crippen molar-refractivity contribution >= 4 is 17.5 Å². The third-order valence-corrected chi connectivity index (χ3v) is 4.52. The molecule has 3 aliphatic heterocycles. The lowest BCUT2D eigenvalue weighted by Gasteiger charge is -2.44. The van der Waals surface area contributed by atoms with Crippen LogP contribution in [0, 0.1) is 12.8 Å². The minimum atomic E-state index is -0.101. The van der Waals surface area contributed by atoms with Gasteiger partial charge in [-0.3, -0.25) is 9.78 Å². The summed E-state index contributed by atoms with van der Waals surface area (Å²) in [5.41, 5.74) is 1.30. The van der Waals surface area contributed by atoms with Crippen molar-refractivity contribution in [1.29, 1.82) is 0 Å². The third kappa shape index (κ3) is 2.60. The van der Waals surface area contributed by atoms with E-state index in [-0.39, 0.29) is 11.9 Å². The first kappa shape index (κ1) is 12.9. The van der Waals surface area contributed by atoms with Crippen LogP contribution < -0.4 is 5.32 Å². The second kappa shape index (κ2) is 5.10. The number of rotatable bonds is 2. The zero-order chi connectivity index (χ0) is 13.4. The van der Waals surface area contributed by atoms with E-state index in [0.717, 1.165) is 12.2 Å². The van der Waals surface area contributed by atoms with Gasteiger partial charge in [0, 0.05) is 24.5 Å². The number of hydrogen-bond acceptors (Lipinski definition) is 3. The highest BCUT2D eigenvalue weighted by Gasteiger charge is 2.35. The Kier molecular flexibility index (Phi) is 3.46. The van der Waals surface area contributed by atoms with Crippen molar-refractivity contribution in [3.05, 3.63) is 28.5 Å². The summed E-state index contributed by atoms with van der Waals surface area (Å²) in [6.45, 7) is 5.17. The Morgan fingerprint density at radius 3 is 2.79 bits per heavy atom. The molecule has 1 unspecified atom stereocenters. The molecule has 19 heavy (non-hydrogen) atoms. The van der Waals surface area contributed by atoms with Crippen molar-refractivity contribution in [3.63, 3.8) is 0 Å². The van der Waals surface area contributed by atoms with Gasteiger partial charge in [0.15, 0.2) is 0 Å². The molecule has 3 saturated heterocycles. The number of halogens is 1. The SMILES string of the molecule is Cc1cc(Cl)c(C(=O)NC2CN3CCC2CC3)cn1. The highest BCUT2D eigenvalue weighted by atomic mass is 35.5. The summed E-state index contributed by atoms with van der Waals surface area (Å²) < 4.78 is 0. The summed E-state index contributed by atoms with van der Waals surface area (Å²) in [5, 5.41) is 3.60. The van der Waals surface area contributed by atoms with Crippen LogP contribution >= 0.6 is 11.6 Å². The smallest absolute Gasteiger partial charge is 0.254 e. The van der Waals surface area contributed by atoms with E-state index in [0.29, 0.717) is 16.5 Å². The highest BCUT2D eigenvalue weighted by Crippen LogP contribution is 2.28. The van der Waals surface area contributed by atoms with Gasteiger partial charge in [-0.05, 0) is 44.8 Å². The molecule has 102 valence electrons. The number of hydrogen-bond donors (Lipinski definition) is 1. The molecular weight excluding hydrogens is 262 g/mol. The van der Waals surface area contributed by atoms with Crippen molar-refractivity contribution in [2.75, 3.05) is 19.6 Å². The van der Waals surface area contributed by atoms with E-state index in [1.165, 1.54) is 25.9 Å². The van der Waals surface area contributed by atoms with Crippen LogP contribution in [0.1, 0.15) is 28.9 Å². The zero-order valence-electron chi connectivity index (χ0n) is 11.0. The molecule has 1 amide bonds. The predicted octanol–water partition coefficient (Wildman–Crippen LogP) is 1.87. The molecule has 1 aromatic heterocycles. The molecule has 0 saturated carbocycles. The van der Waals surface area contributed by atoms with Gasteiger partial charge in [0.1, 0.15) is 0 Å². The molecule has 1 atom stereocenters. The second-order valence-electron chi connectivity index (χ2n) is 5.52.